The molecular weight excluding hydrogens is 330 g/mol. The number of likely N-dealkylation sites (tertiary alicyclic amines) is 1. The van der Waals surface area contributed by atoms with Gasteiger partial charge in [-0.3, -0.25) is 4.79 Å². The Labute approximate surface area is 155 Å². The number of nitrogens with one attached hydrogen (secondary N) is 1. The number of aromatic nitrogens is 2. The van der Waals surface area contributed by atoms with Gasteiger partial charge in [-0.25, -0.2) is 9.97 Å². The van der Waals surface area contributed by atoms with Gasteiger partial charge in [-0.1, -0.05) is 6.42 Å². The summed E-state index contributed by atoms with van der Waals surface area (Å²) in [4.78, 5) is 26.2. The quantitative estimate of drug-likeness (QED) is 0.873. The molecule has 1 aromatic heterocycles. The minimum atomic E-state index is -0.0751. The van der Waals surface area contributed by atoms with Crippen molar-refractivity contribution in [1.82, 2.24) is 20.2 Å². The number of rotatable bonds is 3. The molecule has 0 spiro atoms. The maximum atomic E-state index is 12.2. The lowest BCUT2D eigenvalue weighted by Crippen LogP contribution is -2.43. The topological polar surface area (TPSA) is 70.6 Å². The van der Waals surface area contributed by atoms with Crippen molar-refractivity contribution in [2.24, 2.45) is 0 Å². The first kappa shape index (κ1) is 17.7. The number of anilines is 1. The third-order valence-corrected chi connectivity index (χ3v) is 5.53. The van der Waals surface area contributed by atoms with Gasteiger partial charge < -0.3 is 19.9 Å². The number of nitrogens with zero attached hydrogens (tertiary/aromatic N) is 4. The van der Waals surface area contributed by atoms with Gasteiger partial charge >= 0.3 is 0 Å². The second kappa shape index (κ2) is 7.88. The molecule has 1 N–H and O–H groups in total. The first-order valence-corrected chi connectivity index (χ1v) is 9.95. The molecule has 0 saturated carbocycles. The summed E-state index contributed by atoms with van der Waals surface area (Å²) in [6, 6.07) is 0. The number of piperidine rings is 1. The van der Waals surface area contributed by atoms with E-state index in [4.69, 9.17) is 9.72 Å². The molecule has 1 unspecified atom stereocenters. The van der Waals surface area contributed by atoms with Gasteiger partial charge in [0.2, 0.25) is 0 Å². The summed E-state index contributed by atoms with van der Waals surface area (Å²) in [7, 11) is 0. The lowest BCUT2D eigenvalue weighted by atomic mass is 10.1. The highest BCUT2D eigenvalue weighted by atomic mass is 16.5. The molecule has 0 radical (unpaired) electrons. The van der Waals surface area contributed by atoms with Crippen LogP contribution in [-0.4, -0.2) is 72.8 Å². The Kier molecular flexibility index (Phi) is 5.36. The zero-order valence-electron chi connectivity index (χ0n) is 15.7. The van der Waals surface area contributed by atoms with E-state index in [1.54, 1.807) is 0 Å². The fourth-order valence-corrected chi connectivity index (χ4v) is 4.27. The SMILES string of the molecule is Cc1nc2c(c(N3CCCOC(CN4CCCCC4)C3)n1)CCNC2=O. The van der Waals surface area contributed by atoms with Crippen LogP contribution in [0.2, 0.25) is 0 Å². The fraction of sp³-hybridized carbons (Fsp3) is 0.737. The van der Waals surface area contributed by atoms with Crippen LogP contribution in [0.25, 0.3) is 0 Å². The van der Waals surface area contributed by atoms with Crippen molar-refractivity contribution in [2.75, 3.05) is 50.8 Å². The highest BCUT2D eigenvalue weighted by molar-refractivity contribution is 5.96. The van der Waals surface area contributed by atoms with Crippen LogP contribution >= 0.6 is 0 Å². The normalized spacial score (nSPS) is 24.7. The number of hydrogen-bond donors (Lipinski definition) is 1. The summed E-state index contributed by atoms with van der Waals surface area (Å²) < 4.78 is 6.15. The summed E-state index contributed by atoms with van der Waals surface area (Å²) in [5.74, 6) is 1.53. The number of amides is 1. The highest BCUT2D eigenvalue weighted by Crippen LogP contribution is 2.26. The molecule has 0 bridgehead atoms. The molecule has 26 heavy (non-hydrogen) atoms. The molecule has 142 valence electrons. The average molecular weight is 359 g/mol. The Balaban J connectivity index is 1.55. The summed E-state index contributed by atoms with van der Waals surface area (Å²) in [5.41, 5.74) is 1.55. The number of fused-ring (bicyclic) bond motifs is 1. The molecule has 7 heteroatoms. The van der Waals surface area contributed by atoms with Gasteiger partial charge in [-0.05, 0) is 45.7 Å². The number of carbonyl (C=O) groups is 1. The first-order chi connectivity index (χ1) is 12.7. The van der Waals surface area contributed by atoms with Gasteiger partial charge in [-0.15, -0.1) is 0 Å². The second-order valence-corrected chi connectivity index (χ2v) is 7.58. The van der Waals surface area contributed by atoms with Crippen molar-refractivity contribution in [2.45, 2.75) is 45.1 Å². The van der Waals surface area contributed by atoms with E-state index in [1.807, 2.05) is 6.92 Å². The zero-order valence-corrected chi connectivity index (χ0v) is 15.7. The molecular formula is C19H29N5O2. The summed E-state index contributed by atoms with van der Waals surface area (Å²) in [6.07, 6.45) is 5.92. The van der Waals surface area contributed by atoms with Crippen LogP contribution in [0.15, 0.2) is 0 Å². The summed E-state index contributed by atoms with van der Waals surface area (Å²) in [6.45, 7) is 8.43. The maximum absolute atomic E-state index is 12.2. The molecule has 4 heterocycles. The molecule has 0 aromatic carbocycles. The van der Waals surface area contributed by atoms with Crippen LogP contribution < -0.4 is 10.2 Å². The Hall–Kier alpha value is -1.73. The van der Waals surface area contributed by atoms with Gasteiger partial charge in [0.05, 0.1) is 6.10 Å². The van der Waals surface area contributed by atoms with Gasteiger partial charge in [-0.2, -0.15) is 0 Å². The predicted octanol–water partition coefficient (Wildman–Crippen LogP) is 1.15. The molecule has 3 aliphatic rings. The van der Waals surface area contributed by atoms with Crippen molar-refractivity contribution in [1.29, 1.82) is 0 Å². The van der Waals surface area contributed by atoms with Crippen LogP contribution in [0.3, 0.4) is 0 Å². The molecule has 1 aromatic rings. The third-order valence-electron chi connectivity index (χ3n) is 5.53. The lowest BCUT2D eigenvalue weighted by molar-refractivity contribution is 0.0350. The molecule has 3 aliphatic heterocycles. The second-order valence-electron chi connectivity index (χ2n) is 7.58. The average Bonchev–Trinajstić information content (AvgIpc) is 2.88. The van der Waals surface area contributed by atoms with E-state index in [9.17, 15) is 4.79 Å². The van der Waals surface area contributed by atoms with E-state index < -0.39 is 0 Å². The van der Waals surface area contributed by atoms with E-state index in [2.05, 4.69) is 20.1 Å². The van der Waals surface area contributed by atoms with Crippen LogP contribution in [0.1, 0.15) is 47.6 Å². The van der Waals surface area contributed by atoms with Gasteiger partial charge in [0, 0.05) is 38.3 Å². The molecule has 4 rings (SSSR count). The molecule has 1 atom stereocenters. The number of carbonyl (C=O) groups excluding carboxylic acids is 1. The Morgan fingerprint density at radius 2 is 2.00 bits per heavy atom. The van der Waals surface area contributed by atoms with Crippen molar-refractivity contribution < 1.29 is 9.53 Å². The van der Waals surface area contributed by atoms with Gasteiger partial charge in [0.25, 0.3) is 5.91 Å². The largest absolute Gasteiger partial charge is 0.375 e. The molecule has 2 fully saturated rings. The van der Waals surface area contributed by atoms with Crippen LogP contribution in [0.5, 0.6) is 0 Å². The standard InChI is InChI=1S/C19H29N5O2/c1-14-21-17-16(6-7-20-19(17)25)18(22-14)24-10-5-11-26-15(13-24)12-23-8-3-2-4-9-23/h15H,2-13H2,1H3,(H,20,25). The molecule has 7 nitrogen and oxygen atoms in total. The van der Waals surface area contributed by atoms with Crippen molar-refractivity contribution in [3.8, 4) is 0 Å². The Morgan fingerprint density at radius 3 is 2.85 bits per heavy atom. The zero-order chi connectivity index (χ0) is 17.9. The van der Waals surface area contributed by atoms with Crippen molar-refractivity contribution in [3.63, 3.8) is 0 Å². The van der Waals surface area contributed by atoms with Crippen LogP contribution in [-0.2, 0) is 11.2 Å². The summed E-state index contributed by atoms with van der Waals surface area (Å²) >= 11 is 0. The first-order valence-electron chi connectivity index (χ1n) is 9.95. The van der Waals surface area contributed by atoms with E-state index in [1.165, 1.54) is 32.4 Å². The minimum Gasteiger partial charge on any atom is -0.375 e. The smallest absolute Gasteiger partial charge is 0.270 e. The number of ether oxygens (including phenoxy) is 1. The van der Waals surface area contributed by atoms with Gasteiger partial charge in [0.1, 0.15) is 17.3 Å². The lowest BCUT2D eigenvalue weighted by Gasteiger charge is -2.33. The van der Waals surface area contributed by atoms with Crippen molar-refractivity contribution in [3.05, 3.63) is 17.1 Å². The number of aryl methyl sites for hydroxylation is 1. The third kappa shape index (κ3) is 3.83. The monoisotopic (exact) mass is 359 g/mol. The van der Waals surface area contributed by atoms with Crippen molar-refractivity contribution >= 4 is 11.7 Å². The molecule has 0 aliphatic carbocycles. The van der Waals surface area contributed by atoms with E-state index in [0.29, 0.717) is 18.1 Å². The van der Waals surface area contributed by atoms with Crippen LogP contribution in [0.4, 0.5) is 5.82 Å². The highest BCUT2D eigenvalue weighted by Gasteiger charge is 2.29. The molecule has 2 saturated heterocycles. The Bertz CT molecular complexity index is 660. The number of hydrogen-bond acceptors (Lipinski definition) is 6. The predicted molar refractivity (Wildman–Crippen MR) is 99.7 cm³/mol. The van der Waals surface area contributed by atoms with Gasteiger partial charge in [0.15, 0.2) is 0 Å². The Morgan fingerprint density at radius 1 is 1.15 bits per heavy atom. The maximum Gasteiger partial charge on any atom is 0.270 e. The fourth-order valence-electron chi connectivity index (χ4n) is 4.27. The van der Waals surface area contributed by atoms with Crippen LogP contribution in [0, 0.1) is 6.92 Å². The van der Waals surface area contributed by atoms with E-state index in [-0.39, 0.29) is 12.0 Å². The minimum absolute atomic E-state index is 0.0751. The molecule has 1 amide bonds. The van der Waals surface area contributed by atoms with E-state index >= 15 is 0 Å². The summed E-state index contributed by atoms with van der Waals surface area (Å²) in [5, 5.41) is 2.89. The van der Waals surface area contributed by atoms with E-state index in [0.717, 1.165) is 50.5 Å².